The van der Waals surface area contributed by atoms with Crippen molar-refractivity contribution in [3.05, 3.63) is 15.6 Å². The van der Waals surface area contributed by atoms with Gasteiger partial charge in [0.05, 0.1) is 11.8 Å². The molecular formula is C12H20N2OS. The van der Waals surface area contributed by atoms with Gasteiger partial charge < -0.3 is 10.4 Å². The number of aromatic nitrogens is 1. The van der Waals surface area contributed by atoms with E-state index in [1.165, 1.54) is 11.3 Å². The highest BCUT2D eigenvalue weighted by Gasteiger charge is 2.22. The fourth-order valence-corrected chi connectivity index (χ4v) is 3.07. The first kappa shape index (κ1) is 12.0. The normalized spacial score (nSPS) is 25.9. The predicted molar refractivity (Wildman–Crippen MR) is 66.7 cm³/mol. The minimum atomic E-state index is -0.170. The van der Waals surface area contributed by atoms with E-state index in [1.807, 2.05) is 6.92 Å². The third-order valence-electron chi connectivity index (χ3n) is 3.32. The molecule has 0 spiro atoms. The van der Waals surface area contributed by atoms with Crippen molar-refractivity contribution >= 4 is 11.3 Å². The first-order valence-corrected chi connectivity index (χ1v) is 6.83. The van der Waals surface area contributed by atoms with E-state index in [-0.39, 0.29) is 12.1 Å². The van der Waals surface area contributed by atoms with Gasteiger partial charge in [0, 0.05) is 17.5 Å². The Kier molecular flexibility index (Phi) is 3.95. The quantitative estimate of drug-likeness (QED) is 0.851. The maximum Gasteiger partial charge on any atom is 0.107 e. The van der Waals surface area contributed by atoms with Crippen LogP contribution in [0.25, 0.3) is 0 Å². The smallest absolute Gasteiger partial charge is 0.107 e. The van der Waals surface area contributed by atoms with Crippen molar-refractivity contribution in [3.8, 4) is 0 Å². The van der Waals surface area contributed by atoms with Crippen LogP contribution < -0.4 is 5.32 Å². The third-order valence-corrected chi connectivity index (χ3v) is 4.39. The zero-order valence-electron chi connectivity index (χ0n) is 9.99. The predicted octanol–water partition coefficient (Wildman–Crippen LogP) is 2.15. The second-order valence-electron chi connectivity index (χ2n) is 4.59. The highest BCUT2D eigenvalue weighted by atomic mass is 32.1. The van der Waals surface area contributed by atoms with Crippen LogP contribution in [-0.2, 0) is 6.54 Å². The van der Waals surface area contributed by atoms with E-state index in [0.717, 1.165) is 36.5 Å². The molecule has 3 nitrogen and oxygen atoms in total. The molecule has 1 heterocycles. The van der Waals surface area contributed by atoms with Gasteiger partial charge in [-0.25, -0.2) is 4.98 Å². The summed E-state index contributed by atoms with van der Waals surface area (Å²) in [6.45, 7) is 4.94. The largest absolute Gasteiger partial charge is 0.392 e. The molecule has 1 aromatic rings. The Hall–Kier alpha value is -0.450. The van der Waals surface area contributed by atoms with Gasteiger partial charge in [-0.15, -0.1) is 11.3 Å². The SMILES string of the molecule is Cc1nc(CNC2CCCCC2O)sc1C. The van der Waals surface area contributed by atoms with Crippen molar-refractivity contribution in [1.82, 2.24) is 10.3 Å². The maximum atomic E-state index is 9.83. The van der Waals surface area contributed by atoms with Gasteiger partial charge in [0.25, 0.3) is 0 Å². The maximum absolute atomic E-state index is 9.83. The number of nitrogens with zero attached hydrogens (tertiary/aromatic N) is 1. The number of hydrogen-bond acceptors (Lipinski definition) is 4. The van der Waals surface area contributed by atoms with Crippen molar-refractivity contribution in [2.75, 3.05) is 0 Å². The van der Waals surface area contributed by atoms with Crippen LogP contribution >= 0.6 is 11.3 Å². The first-order valence-electron chi connectivity index (χ1n) is 6.01. The molecule has 0 radical (unpaired) electrons. The van der Waals surface area contributed by atoms with Crippen LogP contribution in [0.3, 0.4) is 0 Å². The molecule has 2 unspecified atom stereocenters. The van der Waals surface area contributed by atoms with Crippen molar-refractivity contribution < 1.29 is 5.11 Å². The molecule has 1 fully saturated rings. The van der Waals surface area contributed by atoms with Crippen LogP contribution in [0.15, 0.2) is 0 Å². The van der Waals surface area contributed by atoms with Gasteiger partial charge in [0.2, 0.25) is 0 Å². The summed E-state index contributed by atoms with van der Waals surface area (Å²) in [5.74, 6) is 0. The first-order chi connectivity index (χ1) is 7.66. The minimum absolute atomic E-state index is 0.170. The molecule has 0 bridgehead atoms. The molecule has 90 valence electrons. The van der Waals surface area contributed by atoms with E-state index < -0.39 is 0 Å². The lowest BCUT2D eigenvalue weighted by Crippen LogP contribution is -2.41. The van der Waals surface area contributed by atoms with Crippen LogP contribution in [0.1, 0.15) is 41.3 Å². The lowest BCUT2D eigenvalue weighted by atomic mass is 9.93. The van der Waals surface area contributed by atoms with E-state index >= 15 is 0 Å². The Balaban J connectivity index is 1.86. The van der Waals surface area contributed by atoms with Gasteiger partial charge in [0.15, 0.2) is 0 Å². The zero-order chi connectivity index (χ0) is 11.5. The van der Waals surface area contributed by atoms with E-state index in [2.05, 4.69) is 17.2 Å². The average Bonchev–Trinajstić information content (AvgIpc) is 2.57. The molecule has 0 aliphatic heterocycles. The van der Waals surface area contributed by atoms with Crippen LogP contribution in [0.2, 0.25) is 0 Å². The van der Waals surface area contributed by atoms with E-state index in [4.69, 9.17) is 0 Å². The summed E-state index contributed by atoms with van der Waals surface area (Å²) < 4.78 is 0. The van der Waals surface area contributed by atoms with Crippen molar-refractivity contribution in [2.45, 2.75) is 58.2 Å². The van der Waals surface area contributed by atoms with Gasteiger partial charge in [-0.3, -0.25) is 0 Å². The van der Waals surface area contributed by atoms with Crippen LogP contribution in [0, 0.1) is 13.8 Å². The molecule has 1 aliphatic carbocycles. The standard InChI is InChI=1S/C12H20N2OS/c1-8-9(2)16-12(14-8)7-13-10-5-3-4-6-11(10)15/h10-11,13,15H,3-7H2,1-2H3. The summed E-state index contributed by atoms with van der Waals surface area (Å²) in [5.41, 5.74) is 1.13. The Morgan fingerprint density at radius 2 is 2.12 bits per heavy atom. The Bertz CT molecular complexity index is 331. The fourth-order valence-electron chi connectivity index (χ4n) is 2.18. The van der Waals surface area contributed by atoms with Crippen molar-refractivity contribution in [1.29, 1.82) is 0 Å². The second-order valence-corrected chi connectivity index (χ2v) is 5.88. The zero-order valence-corrected chi connectivity index (χ0v) is 10.8. The number of aliphatic hydroxyl groups is 1. The van der Waals surface area contributed by atoms with Gasteiger partial charge in [-0.05, 0) is 26.7 Å². The summed E-state index contributed by atoms with van der Waals surface area (Å²) in [4.78, 5) is 5.79. The molecule has 1 saturated carbocycles. The lowest BCUT2D eigenvalue weighted by molar-refractivity contribution is 0.0902. The molecule has 0 amide bonds. The van der Waals surface area contributed by atoms with Crippen LogP contribution in [0.5, 0.6) is 0 Å². The highest BCUT2D eigenvalue weighted by Crippen LogP contribution is 2.20. The molecule has 1 aliphatic rings. The topological polar surface area (TPSA) is 45.2 Å². The fraction of sp³-hybridized carbons (Fsp3) is 0.750. The number of hydrogen-bond donors (Lipinski definition) is 2. The number of thiazole rings is 1. The van der Waals surface area contributed by atoms with Gasteiger partial charge in [-0.2, -0.15) is 0 Å². The molecular weight excluding hydrogens is 220 g/mol. The number of aryl methyl sites for hydroxylation is 2. The van der Waals surface area contributed by atoms with E-state index in [9.17, 15) is 5.11 Å². The van der Waals surface area contributed by atoms with Crippen LogP contribution in [0.4, 0.5) is 0 Å². The van der Waals surface area contributed by atoms with Gasteiger partial charge >= 0.3 is 0 Å². The van der Waals surface area contributed by atoms with E-state index in [0.29, 0.717) is 0 Å². The third kappa shape index (κ3) is 2.81. The average molecular weight is 240 g/mol. The summed E-state index contributed by atoms with van der Waals surface area (Å²) in [7, 11) is 0. The summed E-state index contributed by atoms with van der Waals surface area (Å²) in [6.07, 6.45) is 4.24. The van der Waals surface area contributed by atoms with Crippen molar-refractivity contribution in [2.24, 2.45) is 0 Å². The lowest BCUT2D eigenvalue weighted by Gasteiger charge is -2.28. The number of nitrogens with one attached hydrogen (secondary N) is 1. The van der Waals surface area contributed by atoms with Gasteiger partial charge in [-0.1, -0.05) is 12.8 Å². The summed E-state index contributed by atoms with van der Waals surface area (Å²) in [6, 6.07) is 0.262. The molecule has 0 aromatic carbocycles. The van der Waals surface area contributed by atoms with Gasteiger partial charge in [0.1, 0.15) is 5.01 Å². The highest BCUT2D eigenvalue weighted by molar-refractivity contribution is 7.11. The minimum Gasteiger partial charge on any atom is -0.392 e. The molecule has 1 aromatic heterocycles. The monoisotopic (exact) mass is 240 g/mol. The Labute approximate surface area is 101 Å². The molecule has 2 atom stereocenters. The Morgan fingerprint density at radius 3 is 2.75 bits per heavy atom. The summed E-state index contributed by atoms with van der Waals surface area (Å²) >= 11 is 1.75. The number of aliphatic hydroxyl groups excluding tert-OH is 1. The molecule has 0 saturated heterocycles. The molecule has 16 heavy (non-hydrogen) atoms. The second kappa shape index (κ2) is 5.25. The molecule has 4 heteroatoms. The Morgan fingerprint density at radius 1 is 1.38 bits per heavy atom. The number of rotatable bonds is 3. The molecule has 2 rings (SSSR count). The van der Waals surface area contributed by atoms with Crippen LogP contribution in [-0.4, -0.2) is 22.2 Å². The summed E-state index contributed by atoms with van der Waals surface area (Å²) in [5, 5.41) is 14.4. The van der Waals surface area contributed by atoms with Crippen molar-refractivity contribution in [3.63, 3.8) is 0 Å². The molecule has 2 N–H and O–H groups in total. The van der Waals surface area contributed by atoms with E-state index in [1.54, 1.807) is 11.3 Å².